The van der Waals surface area contributed by atoms with Gasteiger partial charge in [0.15, 0.2) is 28.6 Å². The second-order valence-electron chi connectivity index (χ2n) is 19.7. The largest absolute Gasteiger partial charge is 0.456 e. The second-order valence-corrected chi connectivity index (χ2v) is 19.7. The first-order valence-electron chi connectivity index (χ1n) is 21.9. The van der Waals surface area contributed by atoms with Gasteiger partial charge < -0.3 is 27.7 Å². The second kappa shape index (κ2) is 11.7. The molecule has 6 heterocycles. The summed E-state index contributed by atoms with van der Waals surface area (Å²) < 4.78 is 29.8. The molecule has 0 fully saturated rings. The maximum atomic E-state index is 6.95. The summed E-state index contributed by atoms with van der Waals surface area (Å²) in [5, 5.41) is 6.87. The molecule has 0 bridgehead atoms. The summed E-state index contributed by atoms with van der Waals surface area (Å²) in [6.45, 7) is 13.6. The van der Waals surface area contributed by atoms with Crippen molar-refractivity contribution in [3.63, 3.8) is 0 Å². The van der Waals surface area contributed by atoms with E-state index in [9.17, 15) is 0 Å². The van der Waals surface area contributed by atoms with E-state index in [1.54, 1.807) is 0 Å². The van der Waals surface area contributed by atoms with Crippen molar-refractivity contribution in [1.82, 2.24) is 4.57 Å². The summed E-state index contributed by atoms with van der Waals surface area (Å²) in [6.07, 6.45) is 0. The summed E-state index contributed by atoms with van der Waals surface area (Å²) in [7, 11) is 0. The first-order valence-corrected chi connectivity index (χ1v) is 21.9. The van der Waals surface area contributed by atoms with Gasteiger partial charge in [-0.3, -0.25) is 0 Å². The molecule has 0 spiro atoms. The van der Waals surface area contributed by atoms with E-state index in [0.717, 1.165) is 72.1 Å². The van der Waals surface area contributed by atoms with E-state index in [1.165, 1.54) is 43.9 Å². The average molecular weight is 817 g/mol. The van der Waals surface area contributed by atoms with E-state index < -0.39 is 0 Å². The number of anilines is 2. The molecule has 6 nitrogen and oxygen atoms in total. The lowest BCUT2D eigenvalue weighted by molar-refractivity contribution is 0.360. The minimum absolute atomic E-state index is 0.0373. The fourth-order valence-corrected chi connectivity index (χ4v) is 10.9. The Balaban J connectivity index is 1.20. The number of para-hydroxylation sites is 5. The number of hydrogen-bond acceptors (Lipinski definition) is 5. The Morgan fingerprint density at radius 2 is 1.14 bits per heavy atom. The Labute approximate surface area is 363 Å². The number of furan rings is 2. The molecule has 0 radical (unpaired) electrons. The highest BCUT2D eigenvalue weighted by Gasteiger charge is 2.47. The van der Waals surface area contributed by atoms with E-state index in [-0.39, 0.29) is 17.7 Å². The minimum Gasteiger partial charge on any atom is -0.456 e. The highest BCUT2D eigenvalue weighted by molar-refractivity contribution is 6.94. The van der Waals surface area contributed by atoms with Crippen LogP contribution in [-0.2, 0) is 10.8 Å². The molecule has 0 N–H and O–H groups in total. The van der Waals surface area contributed by atoms with E-state index >= 15 is 0 Å². The van der Waals surface area contributed by atoms with Gasteiger partial charge in [0.25, 0.3) is 0 Å². The van der Waals surface area contributed by atoms with Gasteiger partial charge in [-0.05, 0) is 99.1 Å². The van der Waals surface area contributed by atoms with Crippen LogP contribution in [0.5, 0.6) is 23.0 Å². The summed E-state index contributed by atoms with van der Waals surface area (Å²) in [5.74, 6) is 2.71. The van der Waals surface area contributed by atoms with Gasteiger partial charge in [0.2, 0.25) is 0 Å². The van der Waals surface area contributed by atoms with Gasteiger partial charge in [-0.1, -0.05) is 114 Å². The van der Waals surface area contributed by atoms with Crippen molar-refractivity contribution in [3.8, 4) is 39.8 Å². The molecule has 0 aliphatic carbocycles. The molecule has 8 aromatic carbocycles. The minimum atomic E-state index is -0.280. The highest BCUT2D eigenvalue weighted by atomic mass is 16.6. The molecule has 3 aliphatic rings. The summed E-state index contributed by atoms with van der Waals surface area (Å²) >= 11 is 0. The van der Waals surface area contributed by atoms with Crippen LogP contribution in [0.1, 0.15) is 52.7 Å². The van der Waals surface area contributed by atoms with Gasteiger partial charge in [-0.2, -0.15) is 0 Å². The zero-order valence-corrected chi connectivity index (χ0v) is 35.9. The Kier molecular flexibility index (Phi) is 6.57. The predicted molar refractivity (Wildman–Crippen MR) is 258 cm³/mol. The molecule has 7 heteroatoms. The van der Waals surface area contributed by atoms with Crippen molar-refractivity contribution in [2.24, 2.45) is 0 Å². The van der Waals surface area contributed by atoms with Gasteiger partial charge >= 0.3 is 6.85 Å². The molecule has 302 valence electrons. The molecular weight excluding hydrogens is 775 g/mol. The van der Waals surface area contributed by atoms with Crippen molar-refractivity contribution in [2.75, 3.05) is 4.81 Å². The number of nitrogens with zero attached hydrogens (tertiary/aromatic N) is 2. The van der Waals surface area contributed by atoms with Crippen molar-refractivity contribution < 1.29 is 18.3 Å². The van der Waals surface area contributed by atoms with E-state index in [2.05, 4.69) is 160 Å². The van der Waals surface area contributed by atoms with Crippen LogP contribution >= 0.6 is 0 Å². The molecule has 3 aliphatic heterocycles. The van der Waals surface area contributed by atoms with Gasteiger partial charge in [-0.15, -0.1) is 0 Å². The van der Waals surface area contributed by atoms with Crippen molar-refractivity contribution in [1.29, 1.82) is 0 Å². The zero-order chi connectivity index (χ0) is 42.3. The fraction of sp³-hybridized carbons (Fsp3) is 0.143. The Morgan fingerprint density at radius 1 is 0.476 bits per heavy atom. The number of ether oxygens (including phenoxy) is 2. The quantitative estimate of drug-likeness (QED) is 0.155. The average Bonchev–Trinajstić information content (AvgIpc) is 3.95. The molecule has 0 saturated carbocycles. The topological polar surface area (TPSA) is 52.9 Å². The molecule has 63 heavy (non-hydrogen) atoms. The van der Waals surface area contributed by atoms with E-state index in [4.69, 9.17) is 18.3 Å². The third-order valence-electron chi connectivity index (χ3n) is 13.9. The first kappa shape index (κ1) is 35.2. The van der Waals surface area contributed by atoms with Crippen molar-refractivity contribution in [3.05, 3.63) is 151 Å². The van der Waals surface area contributed by atoms with Crippen LogP contribution in [0, 0.1) is 0 Å². The molecule has 14 rings (SSSR count). The molecule has 0 atom stereocenters. The van der Waals surface area contributed by atoms with Gasteiger partial charge in [0, 0.05) is 44.2 Å². The lowest BCUT2D eigenvalue weighted by Gasteiger charge is -2.43. The van der Waals surface area contributed by atoms with Crippen LogP contribution in [-0.4, -0.2) is 11.4 Å². The summed E-state index contributed by atoms with van der Waals surface area (Å²) in [6, 6.07) is 50.0. The normalized spacial score (nSPS) is 14.1. The lowest BCUT2D eigenvalue weighted by Crippen LogP contribution is -2.61. The summed E-state index contributed by atoms with van der Waals surface area (Å²) in [5.41, 5.74) is 15.9. The van der Waals surface area contributed by atoms with Crippen LogP contribution < -0.4 is 25.2 Å². The molecule has 3 aromatic heterocycles. The Bertz CT molecular complexity index is 3850. The molecule has 0 amide bonds. The smallest absolute Gasteiger partial charge is 0.333 e. The maximum absolute atomic E-state index is 6.95. The number of rotatable bonds is 1. The third-order valence-corrected chi connectivity index (χ3v) is 13.9. The molecule has 11 aromatic rings. The SMILES string of the molecule is CC(C)(C)c1ccc2c(c1)c1cc(C(C)(C)C)cc3c1n2-c1c2c(cc4oc5ccccc5c14)-c1cc4c(cc1N(c1cccc5c1oc1ccccc15)B23)Oc1ccccc1O4. The highest BCUT2D eigenvalue weighted by Crippen LogP contribution is 2.55. The van der Waals surface area contributed by atoms with E-state index in [0.29, 0.717) is 23.0 Å². The Morgan fingerprint density at radius 3 is 1.90 bits per heavy atom. The van der Waals surface area contributed by atoms with Gasteiger partial charge in [0.1, 0.15) is 16.7 Å². The number of benzene rings is 8. The third kappa shape index (κ3) is 4.64. The number of hydrogen-bond donors (Lipinski definition) is 0. The fourth-order valence-electron chi connectivity index (χ4n) is 10.9. The van der Waals surface area contributed by atoms with Crippen molar-refractivity contribution >= 4 is 94.8 Å². The number of aromatic nitrogens is 1. The lowest BCUT2D eigenvalue weighted by atomic mass is 9.43. The first-order chi connectivity index (χ1) is 30.5. The van der Waals surface area contributed by atoms with Gasteiger partial charge in [-0.25, -0.2) is 0 Å². The maximum Gasteiger partial charge on any atom is 0.333 e. The standard InChI is InChI=1S/C56H41BN2O4/c1-55(2,3)30-22-23-40-35(24-30)38-25-31(56(4,5)6)26-39-52(38)58(40)53-50-34-15-8-10-19-44(34)60-49(50)28-37-36-27-47-48(62-46-21-12-11-20-45(46)61-47)29-42(36)59(57(39)51(37)53)41-17-13-16-33-32-14-7-9-18-43(32)63-54(33)41/h7-29H,1-6H3. The number of fused-ring (bicyclic) bond motifs is 16. The molecular formula is C56H41BN2O4. The zero-order valence-electron chi connectivity index (χ0n) is 35.9. The Hall–Kier alpha value is -7.38. The van der Waals surface area contributed by atoms with E-state index in [1.807, 2.05) is 30.3 Å². The van der Waals surface area contributed by atoms with Crippen molar-refractivity contribution in [2.45, 2.75) is 52.4 Å². The monoisotopic (exact) mass is 816 g/mol. The van der Waals surface area contributed by atoms with Crippen LogP contribution in [0.2, 0.25) is 0 Å². The molecule has 0 saturated heterocycles. The van der Waals surface area contributed by atoms with Crippen LogP contribution in [0.3, 0.4) is 0 Å². The van der Waals surface area contributed by atoms with Crippen LogP contribution in [0.25, 0.3) is 82.5 Å². The van der Waals surface area contributed by atoms with Crippen LogP contribution in [0.4, 0.5) is 11.4 Å². The predicted octanol–water partition coefficient (Wildman–Crippen LogP) is 14.3. The summed E-state index contributed by atoms with van der Waals surface area (Å²) in [4.78, 5) is 2.53. The van der Waals surface area contributed by atoms with Gasteiger partial charge in [0.05, 0.1) is 27.8 Å². The molecule has 0 unspecified atom stereocenters. The van der Waals surface area contributed by atoms with Crippen LogP contribution in [0.15, 0.2) is 148 Å².